The minimum absolute atomic E-state index is 0.0946. The van der Waals surface area contributed by atoms with Crippen molar-refractivity contribution in [1.82, 2.24) is 4.90 Å². The normalized spacial score (nSPS) is 35.0. The Morgan fingerprint density at radius 1 is 1.06 bits per heavy atom. The minimum Gasteiger partial charge on any atom is -0.393 e. The highest BCUT2D eigenvalue weighted by atomic mass is 19.4. The third kappa shape index (κ3) is 3.60. The van der Waals surface area contributed by atoms with Gasteiger partial charge in [-0.25, -0.2) is 0 Å². The number of nitrogens with zero attached hydrogens (tertiary/aromatic N) is 1. The SMILES string of the molecule is OC1CCCC1C1CCCCN1CCC(F)(F)F. The third-order valence-electron chi connectivity index (χ3n) is 4.37. The Labute approximate surface area is 106 Å². The van der Waals surface area contributed by atoms with E-state index >= 15 is 0 Å². The summed E-state index contributed by atoms with van der Waals surface area (Å²) in [7, 11) is 0. The van der Waals surface area contributed by atoms with Crippen LogP contribution in [0, 0.1) is 5.92 Å². The van der Waals surface area contributed by atoms with Gasteiger partial charge in [0, 0.05) is 18.5 Å². The predicted octanol–water partition coefficient (Wildman–Crippen LogP) is 2.95. The molecule has 0 bridgehead atoms. The van der Waals surface area contributed by atoms with Crippen LogP contribution in [0.4, 0.5) is 13.2 Å². The molecule has 2 rings (SSSR count). The number of rotatable bonds is 3. The molecule has 2 aliphatic rings. The molecule has 3 atom stereocenters. The number of halogens is 3. The van der Waals surface area contributed by atoms with Crippen LogP contribution in [0.25, 0.3) is 0 Å². The highest BCUT2D eigenvalue weighted by Gasteiger charge is 2.38. The summed E-state index contributed by atoms with van der Waals surface area (Å²) in [5, 5.41) is 9.94. The molecular formula is C13H22F3NO. The number of alkyl halides is 3. The van der Waals surface area contributed by atoms with E-state index in [9.17, 15) is 18.3 Å². The molecule has 1 aliphatic carbocycles. The van der Waals surface area contributed by atoms with Crippen molar-refractivity contribution in [3.63, 3.8) is 0 Å². The zero-order chi connectivity index (χ0) is 13.2. The van der Waals surface area contributed by atoms with Crippen LogP contribution in [0.3, 0.4) is 0 Å². The van der Waals surface area contributed by atoms with Crippen LogP contribution >= 0.6 is 0 Å². The molecule has 2 nitrogen and oxygen atoms in total. The summed E-state index contributed by atoms with van der Waals surface area (Å²) in [6.45, 7) is 0.849. The van der Waals surface area contributed by atoms with E-state index in [1.54, 1.807) is 0 Å². The van der Waals surface area contributed by atoms with Gasteiger partial charge >= 0.3 is 6.18 Å². The number of aliphatic hydroxyl groups excluding tert-OH is 1. The molecule has 0 aromatic heterocycles. The lowest BCUT2D eigenvalue weighted by Crippen LogP contribution is -2.47. The molecule has 1 heterocycles. The number of hydrogen-bond acceptors (Lipinski definition) is 2. The Morgan fingerprint density at radius 3 is 2.44 bits per heavy atom. The number of piperidine rings is 1. The molecule has 106 valence electrons. The fourth-order valence-corrected chi connectivity index (χ4v) is 3.47. The van der Waals surface area contributed by atoms with Crippen molar-refractivity contribution >= 4 is 0 Å². The summed E-state index contributed by atoms with van der Waals surface area (Å²) < 4.78 is 36.9. The van der Waals surface area contributed by atoms with Gasteiger partial charge in [0.05, 0.1) is 12.5 Å². The lowest BCUT2D eigenvalue weighted by molar-refractivity contribution is -0.141. The summed E-state index contributed by atoms with van der Waals surface area (Å²) in [5.41, 5.74) is 0. The van der Waals surface area contributed by atoms with Crippen LogP contribution in [-0.4, -0.2) is 41.4 Å². The Morgan fingerprint density at radius 2 is 1.83 bits per heavy atom. The zero-order valence-corrected chi connectivity index (χ0v) is 10.6. The molecule has 5 heteroatoms. The van der Waals surface area contributed by atoms with E-state index in [4.69, 9.17) is 0 Å². The van der Waals surface area contributed by atoms with E-state index in [2.05, 4.69) is 0 Å². The van der Waals surface area contributed by atoms with E-state index in [1.165, 1.54) is 0 Å². The largest absolute Gasteiger partial charge is 0.393 e. The first kappa shape index (κ1) is 14.1. The summed E-state index contributed by atoms with van der Waals surface area (Å²) in [6, 6.07) is 0.165. The molecule has 1 saturated heterocycles. The molecule has 2 fully saturated rings. The maximum atomic E-state index is 12.3. The highest BCUT2D eigenvalue weighted by molar-refractivity contribution is 4.90. The Hall–Kier alpha value is -0.290. The third-order valence-corrected chi connectivity index (χ3v) is 4.37. The van der Waals surface area contributed by atoms with Gasteiger partial charge in [0.25, 0.3) is 0 Å². The molecule has 0 spiro atoms. The second-order valence-electron chi connectivity index (χ2n) is 5.63. The van der Waals surface area contributed by atoms with Crippen molar-refractivity contribution in [2.45, 2.75) is 63.3 Å². The molecule has 0 amide bonds. The average Bonchev–Trinajstić information content (AvgIpc) is 2.72. The number of aliphatic hydroxyl groups is 1. The second-order valence-corrected chi connectivity index (χ2v) is 5.63. The maximum Gasteiger partial charge on any atom is 0.390 e. The lowest BCUT2D eigenvalue weighted by Gasteiger charge is -2.40. The zero-order valence-electron chi connectivity index (χ0n) is 10.6. The van der Waals surface area contributed by atoms with Gasteiger partial charge in [0.2, 0.25) is 0 Å². The average molecular weight is 265 g/mol. The summed E-state index contributed by atoms with van der Waals surface area (Å²) in [4.78, 5) is 1.97. The molecule has 0 radical (unpaired) electrons. The molecular weight excluding hydrogens is 243 g/mol. The van der Waals surface area contributed by atoms with Crippen LogP contribution in [0.1, 0.15) is 44.9 Å². The predicted molar refractivity (Wildman–Crippen MR) is 63.2 cm³/mol. The van der Waals surface area contributed by atoms with Crippen molar-refractivity contribution in [1.29, 1.82) is 0 Å². The van der Waals surface area contributed by atoms with E-state index < -0.39 is 12.6 Å². The van der Waals surface area contributed by atoms with Crippen molar-refractivity contribution in [3.05, 3.63) is 0 Å². The summed E-state index contributed by atoms with van der Waals surface area (Å²) in [6.07, 6.45) is 0.690. The van der Waals surface area contributed by atoms with Crippen molar-refractivity contribution < 1.29 is 18.3 Å². The van der Waals surface area contributed by atoms with Gasteiger partial charge in [0.1, 0.15) is 0 Å². The van der Waals surface area contributed by atoms with Gasteiger partial charge in [-0.3, -0.25) is 4.90 Å². The van der Waals surface area contributed by atoms with Gasteiger partial charge in [0.15, 0.2) is 0 Å². The standard InChI is InChI=1S/C13H22F3NO/c14-13(15,16)7-9-17-8-2-1-5-11(17)10-4-3-6-12(10)18/h10-12,18H,1-9H2. The van der Waals surface area contributed by atoms with E-state index in [-0.39, 0.29) is 24.6 Å². The quantitative estimate of drug-likeness (QED) is 0.848. The van der Waals surface area contributed by atoms with Crippen LogP contribution in [0.5, 0.6) is 0 Å². The topological polar surface area (TPSA) is 23.5 Å². The molecule has 1 aliphatic heterocycles. The van der Waals surface area contributed by atoms with E-state index in [1.807, 2.05) is 4.90 Å². The first-order chi connectivity index (χ1) is 8.47. The Kier molecular flexibility index (Phi) is 4.54. The smallest absolute Gasteiger partial charge is 0.390 e. The highest BCUT2D eigenvalue weighted by Crippen LogP contribution is 2.35. The van der Waals surface area contributed by atoms with E-state index in [0.717, 1.165) is 45.1 Å². The van der Waals surface area contributed by atoms with Gasteiger partial charge < -0.3 is 5.11 Å². The monoisotopic (exact) mass is 265 g/mol. The van der Waals surface area contributed by atoms with Crippen LogP contribution < -0.4 is 0 Å². The number of hydrogen-bond donors (Lipinski definition) is 1. The molecule has 18 heavy (non-hydrogen) atoms. The van der Waals surface area contributed by atoms with E-state index in [0.29, 0.717) is 0 Å². The fourth-order valence-electron chi connectivity index (χ4n) is 3.47. The van der Waals surface area contributed by atoms with Crippen LogP contribution in [0.15, 0.2) is 0 Å². The maximum absolute atomic E-state index is 12.3. The van der Waals surface area contributed by atoms with Crippen molar-refractivity contribution in [2.75, 3.05) is 13.1 Å². The van der Waals surface area contributed by atoms with Gasteiger partial charge in [-0.15, -0.1) is 0 Å². The van der Waals surface area contributed by atoms with Crippen LogP contribution in [-0.2, 0) is 0 Å². The first-order valence-electron chi connectivity index (χ1n) is 6.96. The van der Waals surface area contributed by atoms with Crippen molar-refractivity contribution in [2.24, 2.45) is 5.92 Å². The number of likely N-dealkylation sites (tertiary alicyclic amines) is 1. The minimum atomic E-state index is -4.07. The first-order valence-corrected chi connectivity index (χ1v) is 6.96. The Bertz CT molecular complexity index is 269. The van der Waals surface area contributed by atoms with Gasteiger partial charge in [-0.05, 0) is 32.2 Å². The molecule has 0 aromatic rings. The van der Waals surface area contributed by atoms with Gasteiger partial charge in [-0.2, -0.15) is 13.2 Å². The Balaban J connectivity index is 1.93. The summed E-state index contributed by atoms with van der Waals surface area (Å²) >= 11 is 0. The molecule has 1 N–H and O–H groups in total. The van der Waals surface area contributed by atoms with Crippen LogP contribution in [0.2, 0.25) is 0 Å². The molecule has 0 aromatic carbocycles. The molecule has 1 saturated carbocycles. The fraction of sp³-hybridized carbons (Fsp3) is 1.00. The summed E-state index contributed by atoms with van der Waals surface area (Å²) in [5.74, 6) is 0.193. The van der Waals surface area contributed by atoms with Crippen molar-refractivity contribution in [3.8, 4) is 0 Å². The van der Waals surface area contributed by atoms with Gasteiger partial charge in [-0.1, -0.05) is 12.8 Å². The molecule has 3 unspecified atom stereocenters. The lowest BCUT2D eigenvalue weighted by atomic mass is 9.87. The second kappa shape index (κ2) is 5.78.